The highest BCUT2D eigenvalue weighted by molar-refractivity contribution is 7.89. The third kappa shape index (κ3) is 3.40. The highest BCUT2D eigenvalue weighted by Crippen LogP contribution is 2.23. The van der Waals surface area contributed by atoms with E-state index in [4.69, 9.17) is 5.14 Å². The van der Waals surface area contributed by atoms with Gasteiger partial charge >= 0.3 is 0 Å². The van der Waals surface area contributed by atoms with E-state index >= 15 is 0 Å². The number of sulfonamides is 1. The van der Waals surface area contributed by atoms with Crippen molar-refractivity contribution < 1.29 is 13.2 Å². The van der Waals surface area contributed by atoms with Gasteiger partial charge in [-0.15, -0.1) is 0 Å². The summed E-state index contributed by atoms with van der Waals surface area (Å²) in [7, 11) is -3.48. The Bertz CT molecular complexity index is 390. The third-order valence-electron chi connectivity index (χ3n) is 3.42. The molecule has 2 atom stereocenters. The lowest BCUT2D eigenvalue weighted by Crippen LogP contribution is -2.46. The summed E-state index contributed by atoms with van der Waals surface area (Å²) in [5.41, 5.74) is 0. The third-order valence-corrected chi connectivity index (χ3v) is 4.35. The minimum absolute atomic E-state index is 0.0624. The Balaban J connectivity index is 1.95. The number of likely N-dealkylation sites (tertiary alicyclic amines) is 1. The summed E-state index contributed by atoms with van der Waals surface area (Å²) in [4.78, 5) is 13.7. The van der Waals surface area contributed by atoms with Crippen molar-refractivity contribution in [2.24, 2.45) is 11.1 Å². The monoisotopic (exact) mass is 261 g/mol. The number of amides is 1. The van der Waals surface area contributed by atoms with Crippen LogP contribution in [-0.2, 0) is 14.8 Å². The zero-order chi connectivity index (χ0) is 12.5. The molecule has 0 radical (unpaired) electrons. The van der Waals surface area contributed by atoms with E-state index in [1.807, 2.05) is 4.90 Å². The lowest BCUT2D eigenvalue weighted by molar-refractivity contribution is -0.130. The Morgan fingerprint density at radius 2 is 2.24 bits per heavy atom. The first-order valence-corrected chi connectivity index (χ1v) is 7.68. The molecule has 0 bridgehead atoms. The number of nitrogens with two attached hydrogens (primary N) is 1. The Hall–Kier alpha value is -0.660. The highest BCUT2D eigenvalue weighted by Gasteiger charge is 2.36. The lowest BCUT2D eigenvalue weighted by atomic mass is 10.1. The van der Waals surface area contributed by atoms with Crippen LogP contribution < -0.4 is 10.5 Å². The number of nitrogens with one attached hydrogen (secondary N) is 1. The SMILES string of the molecule is NS(=O)(=O)CC1CC(=O)N([C@@H]2CCCNC2)C1. The first kappa shape index (κ1) is 12.8. The van der Waals surface area contributed by atoms with Gasteiger partial charge in [-0.3, -0.25) is 4.79 Å². The second kappa shape index (κ2) is 4.91. The molecule has 0 saturated carbocycles. The summed E-state index contributed by atoms with van der Waals surface area (Å²) in [6.07, 6.45) is 2.38. The Morgan fingerprint density at radius 3 is 2.82 bits per heavy atom. The minimum atomic E-state index is -3.48. The summed E-state index contributed by atoms with van der Waals surface area (Å²) >= 11 is 0. The van der Waals surface area contributed by atoms with Crippen molar-refractivity contribution in [3.05, 3.63) is 0 Å². The van der Waals surface area contributed by atoms with E-state index in [2.05, 4.69) is 5.32 Å². The fourth-order valence-electron chi connectivity index (χ4n) is 2.70. The molecule has 2 rings (SSSR count). The van der Waals surface area contributed by atoms with Gasteiger partial charge in [0.25, 0.3) is 0 Å². The summed E-state index contributed by atoms with van der Waals surface area (Å²) in [6, 6.07) is 0.224. The van der Waals surface area contributed by atoms with Gasteiger partial charge in [-0.25, -0.2) is 13.6 Å². The predicted molar refractivity (Wildman–Crippen MR) is 63.7 cm³/mol. The van der Waals surface area contributed by atoms with Gasteiger partial charge in [-0.05, 0) is 19.4 Å². The van der Waals surface area contributed by atoms with Gasteiger partial charge in [0.2, 0.25) is 15.9 Å². The van der Waals surface area contributed by atoms with E-state index in [0.717, 1.165) is 25.9 Å². The number of piperidine rings is 1. The number of carbonyl (C=O) groups is 1. The van der Waals surface area contributed by atoms with Gasteiger partial charge in [0.15, 0.2) is 0 Å². The molecule has 2 fully saturated rings. The van der Waals surface area contributed by atoms with Crippen LogP contribution >= 0.6 is 0 Å². The molecule has 0 aromatic heterocycles. The summed E-state index contributed by atoms with van der Waals surface area (Å²) < 4.78 is 22.0. The maximum atomic E-state index is 11.8. The number of primary sulfonamides is 1. The van der Waals surface area contributed by atoms with Crippen molar-refractivity contribution in [1.82, 2.24) is 10.2 Å². The van der Waals surface area contributed by atoms with Gasteiger partial charge in [-0.2, -0.15) is 0 Å². The van der Waals surface area contributed by atoms with Crippen LogP contribution in [0.2, 0.25) is 0 Å². The molecule has 1 unspecified atom stereocenters. The first-order chi connectivity index (χ1) is 7.96. The van der Waals surface area contributed by atoms with Gasteiger partial charge in [-0.1, -0.05) is 0 Å². The van der Waals surface area contributed by atoms with Crippen LogP contribution in [0.4, 0.5) is 0 Å². The molecule has 2 heterocycles. The summed E-state index contributed by atoms with van der Waals surface area (Å²) in [5, 5.41) is 8.27. The van der Waals surface area contributed by atoms with Gasteiger partial charge < -0.3 is 10.2 Å². The Labute approximate surface area is 102 Å². The average molecular weight is 261 g/mol. The molecule has 0 aromatic rings. The van der Waals surface area contributed by atoms with Crippen molar-refractivity contribution in [3.8, 4) is 0 Å². The van der Waals surface area contributed by atoms with E-state index in [1.54, 1.807) is 0 Å². The zero-order valence-corrected chi connectivity index (χ0v) is 10.6. The largest absolute Gasteiger partial charge is 0.338 e. The fourth-order valence-corrected chi connectivity index (χ4v) is 3.58. The van der Waals surface area contributed by atoms with E-state index in [0.29, 0.717) is 13.0 Å². The molecule has 1 amide bonds. The molecule has 0 aliphatic carbocycles. The molecule has 2 saturated heterocycles. The number of nitrogens with zero attached hydrogens (tertiary/aromatic N) is 1. The van der Waals surface area contributed by atoms with Crippen molar-refractivity contribution in [1.29, 1.82) is 0 Å². The Kier molecular flexibility index (Phi) is 3.70. The van der Waals surface area contributed by atoms with Crippen LogP contribution in [0.15, 0.2) is 0 Å². The number of hydrogen-bond donors (Lipinski definition) is 2. The molecule has 3 N–H and O–H groups in total. The molecule has 17 heavy (non-hydrogen) atoms. The standard InChI is InChI=1S/C10H19N3O3S/c11-17(15,16)7-8-4-10(14)13(6-8)9-2-1-3-12-5-9/h8-9,12H,1-7H2,(H2,11,15,16)/t8?,9-/m1/s1. The number of rotatable bonds is 3. The fraction of sp³-hybridized carbons (Fsp3) is 0.900. The molecule has 0 spiro atoms. The van der Waals surface area contributed by atoms with E-state index < -0.39 is 10.0 Å². The molecular formula is C10H19N3O3S. The normalized spacial score (nSPS) is 30.9. The second-order valence-electron chi connectivity index (χ2n) is 4.95. The van der Waals surface area contributed by atoms with Crippen LogP contribution in [0.5, 0.6) is 0 Å². The topological polar surface area (TPSA) is 92.5 Å². The lowest BCUT2D eigenvalue weighted by Gasteiger charge is -2.31. The predicted octanol–water partition coefficient (Wildman–Crippen LogP) is -1.12. The molecule has 2 aliphatic rings. The zero-order valence-electron chi connectivity index (χ0n) is 9.76. The number of hydrogen-bond acceptors (Lipinski definition) is 4. The molecule has 2 aliphatic heterocycles. The molecule has 7 heteroatoms. The van der Waals surface area contributed by atoms with Crippen molar-refractivity contribution in [3.63, 3.8) is 0 Å². The van der Waals surface area contributed by atoms with Crippen molar-refractivity contribution in [2.45, 2.75) is 25.3 Å². The van der Waals surface area contributed by atoms with Gasteiger partial charge in [0.05, 0.1) is 5.75 Å². The average Bonchev–Trinajstić information content (AvgIpc) is 2.58. The van der Waals surface area contributed by atoms with Crippen LogP contribution in [0.1, 0.15) is 19.3 Å². The van der Waals surface area contributed by atoms with E-state index in [1.165, 1.54) is 0 Å². The first-order valence-electron chi connectivity index (χ1n) is 5.96. The smallest absolute Gasteiger partial charge is 0.223 e. The molecule has 6 nitrogen and oxygen atoms in total. The van der Waals surface area contributed by atoms with E-state index in [-0.39, 0.29) is 23.6 Å². The van der Waals surface area contributed by atoms with Crippen LogP contribution in [0.3, 0.4) is 0 Å². The van der Waals surface area contributed by atoms with E-state index in [9.17, 15) is 13.2 Å². The van der Waals surface area contributed by atoms with Crippen molar-refractivity contribution in [2.75, 3.05) is 25.4 Å². The number of carbonyl (C=O) groups excluding carboxylic acids is 1. The second-order valence-corrected chi connectivity index (χ2v) is 6.61. The van der Waals surface area contributed by atoms with Gasteiger partial charge in [0.1, 0.15) is 0 Å². The summed E-state index contributed by atoms with van der Waals surface area (Å²) in [5.74, 6) is -0.165. The maximum Gasteiger partial charge on any atom is 0.223 e. The minimum Gasteiger partial charge on any atom is -0.338 e. The quantitative estimate of drug-likeness (QED) is 0.673. The van der Waals surface area contributed by atoms with Crippen molar-refractivity contribution >= 4 is 15.9 Å². The Morgan fingerprint density at radius 1 is 1.47 bits per heavy atom. The van der Waals surface area contributed by atoms with Crippen LogP contribution in [0.25, 0.3) is 0 Å². The molecular weight excluding hydrogens is 242 g/mol. The molecule has 0 aromatic carbocycles. The highest BCUT2D eigenvalue weighted by atomic mass is 32.2. The van der Waals surface area contributed by atoms with Crippen LogP contribution in [0, 0.1) is 5.92 Å². The van der Waals surface area contributed by atoms with Gasteiger partial charge in [0, 0.05) is 31.5 Å². The van der Waals surface area contributed by atoms with Crippen LogP contribution in [-0.4, -0.2) is 50.7 Å². The maximum absolute atomic E-state index is 11.8. The molecule has 98 valence electrons. The summed E-state index contributed by atoms with van der Waals surface area (Å²) in [6.45, 7) is 2.34.